The molecule has 0 aromatic carbocycles. The summed E-state index contributed by atoms with van der Waals surface area (Å²) in [5.41, 5.74) is 3.61. The molecular formula is C7H14N2O. The summed E-state index contributed by atoms with van der Waals surface area (Å²) in [6.45, 7) is 6.52. The third kappa shape index (κ3) is 5.31. The van der Waals surface area contributed by atoms with E-state index in [1.54, 1.807) is 7.11 Å². The first-order chi connectivity index (χ1) is 4.81. The second-order valence-electron chi connectivity index (χ2n) is 1.90. The summed E-state index contributed by atoms with van der Waals surface area (Å²) in [6, 6.07) is 0. The number of nitrogens with one attached hydrogen (secondary N) is 1. The van der Waals surface area contributed by atoms with Gasteiger partial charge in [-0.25, -0.2) is 0 Å². The van der Waals surface area contributed by atoms with Gasteiger partial charge < -0.3 is 0 Å². The zero-order chi connectivity index (χ0) is 7.82. The van der Waals surface area contributed by atoms with E-state index in [4.69, 9.17) is 0 Å². The lowest BCUT2D eigenvalue weighted by molar-refractivity contribution is 0.148. The molecule has 0 unspecified atom stereocenters. The molecule has 0 saturated heterocycles. The molecule has 0 radical (unpaired) electrons. The molecule has 10 heavy (non-hydrogen) atoms. The van der Waals surface area contributed by atoms with E-state index in [0.29, 0.717) is 6.54 Å². The minimum absolute atomic E-state index is 0.673. The molecule has 0 bridgehead atoms. The maximum atomic E-state index is 4.53. The van der Waals surface area contributed by atoms with Crippen molar-refractivity contribution < 1.29 is 4.84 Å². The average molecular weight is 142 g/mol. The Balaban J connectivity index is 3.25. The van der Waals surface area contributed by atoms with Crippen LogP contribution in [0.5, 0.6) is 0 Å². The largest absolute Gasteiger partial charge is 0.279 e. The van der Waals surface area contributed by atoms with Crippen LogP contribution < -0.4 is 5.48 Å². The second-order valence-corrected chi connectivity index (χ2v) is 1.90. The van der Waals surface area contributed by atoms with Gasteiger partial charge in [-0.15, -0.1) is 0 Å². The van der Waals surface area contributed by atoms with E-state index in [0.717, 1.165) is 12.0 Å². The Bertz CT molecular complexity index is 121. The Labute approximate surface area is 61.8 Å². The summed E-state index contributed by atoms with van der Waals surface area (Å²) in [4.78, 5) is 8.50. The van der Waals surface area contributed by atoms with Crippen molar-refractivity contribution in [3.63, 3.8) is 0 Å². The molecule has 0 aliphatic carbocycles. The van der Waals surface area contributed by atoms with Crippen LogP contribution in [0.4, 0.5) is 0 Å². The van der Waals surface area contributed by atoms with Crippen LogP contribution in [-0.4, -0.2) is 20.0 Å². The number of nitrogens with zero attached hydrogens (tertiary/aromatic N) is 1. The number of hydroxylamine groups is 1. The molecule has 0 amide bonds. The van der Waals surface area contributed by atoms with Gasteiger partial charge in [0.1, 0.15) is 6.34 Å². The van der Waals surface area contributed by atoms with Crippen molar-refractivity contribution in [3.05, 3.63) is 12.2 Å². The van der Waals surface area contributed by atoms with Crippen molar-refractivity contribution in [1.29, 1.82) is 0 Å². The predicted octanol–water partition coefficient (Wildman–Crippen LogP) is 1.13. The summed E-state index contributed by atoms with van der Waals surface area (Å²) in [6.07, 6.45) is 2.49. The second kappa shape index (κ2) is 6.29. The van der Waals surface area contributed by atoms with Gasteiger partial charge in [-0.05, 0) is 6.42 Å². The molecule has 0 saturated carbocycles. The number of hydrogen-bond acceptors (Lipinski definition) is 2. The highest BCUT2D eigenvalue weighted by atomic mass is 16.6. The summed E-state index contributed by atoms with van der Waals surface area (Å²) in [5.74, 6) is 0. The molecule has 0 aromatic rings. The van der Waals surface area contributed by atoms with Crippen molar-refractivity contribution in [2.45, 2.75) is 13.3 Å². The summed E-state index contributed by atoms with van der Waals surface area (Å²) < 4.78 is 0. The van der Waals surface area contributed by atoms with E-state index in [-0.39, 0.29) is 0 Å². The van der Waals surface area contributed by atoms with E-state index >= 15 is 0 Å². The van der Waals surface area contributed by atoms with E-state index in [1.807, 2.05) is 0 Å². The van der Waals surface area contributed by atoms with Crippen LogP contribution in [0.25, 0.3) is 0 Å². The fraction of sp³-hybridized carbons (Fsp3) is 0.571. The maximum absolute atomic E-state index is 4.53. The van der Waals surface area contributed by atoms with E-state index in [9.17, 15) is 0 Å². The van der Waals surface area contributed by atoms with Gasteiger partial charge in [0.15, 0.2) is 0 Å². The molecule has 0 aliphatic rings. The van der Waals surface area contributed by atoms with Crippen molar-refractivity contribution in [3.8, 4) is 0 Å². The van der Waals surface area contributed by atoms with E-state index in [1.165, 1.54) is 6.34 Å². The molecule has 0 heterocycles. The van der Waals surface area contributed by atoms with Crippen molar-refractivity contribution >= 4 is 6.34 Å². The minimum atomic E-state index is 0.673. The number of aliphatic imine (C=N–C) groups is 1. The van der Waals surface area contributed by atoms with E-state index in [2.05, 4.69) is 28.8 Å². The summed E-state index contributed by atoms with van der Waals surface area (Å²) in [7, 11) is 1.54. The van der Waals surface area contributed by atoms with Crippen LogP contribution in [0, 0.1) is 0 Å². The monoisotopic (exact) mass is 142 g/mol. The van der Waals surface area contributed by atoms with Gasteiger partial charge in [-0.2, -0.15) is 0 Å². The third-order valence-corrected chi connectivity index (χ3v) is 1.08. The van der Waals surface area contributed by atoms with Gasteiger partial charge in [0, 0.05) is 0 Å². The zero-order valence-corrected chi connectivity index (χ0v) is 6.55. The van der Waals surface area contributed by atoms with Crippen LogP contribution in [0.1, 0.15) is 13.3 Å². The van der Waals surface area contributed by atoms with Crippen LogP contribution in [-0.2, 0) is 4.84 Å². The number of rotatable bonds is 5. The molecule has 0 aromatic heterocycles. The highest BCUT2D eigenvalue weighted by Gasteiger charge is 1.83. The molecule has 0 fully saturated rings. The Morgan fingerprint density at radius 2 is 2.50 bits per heavy atom. The van der Waals surface area contributed by atoms with Gasteiger partial charge in [0.25, 0.3) is 0 Å². The van der Waals surface area contributed by atoms with Gasteiger partial charge in [-0.3, -0.25) is 15.3 Å². The van der Waals surface area contributed by atoms with E-state index < -0.39 is 0 Å². The first-order valence-corrected chi connectivity index (χ1v) is 3.24. The standard InChI is InChI=1S/C7H14N2O/c1-4-7(2)5-8-6-9-10-3/h6H,2,4-5H2,1,3H3,(H,8,9). The molecule has 58 valence electrons. The smallest absolute Gasteiger partial charge is 0.107 e. The van der Waals surface area contributed by atoms with Crippen LogP contribution >= 0.6 is 0 Å². The molecule has 0 aliphatic heterocycles. The molecule has 0 atom stereocenters. The quantitative estimate of drug-likeness (QED) is 0.270. The summed E-state index contributed by atoms with van der Waals surface area (Å²) in [5, 5.41) is 0. The summed E-state index contributed by atoms with van der Waals surface area (Å²) >= 11 is 0. The van der Waals surface area contributed by atoms with Crippen LogP contribution in [0.15, 0.2) is 17.1 Å². The first-order valence-electron chi connectivity index (χ1n) is 3.24. The van der Waals surface area contributed by atoms with Gasteiger partial charge >= 0.3 is 0 Å². The molecule has 3 nitrogen and oxygen atoms in total. The molecule has 3 heteroatoms. The highest BCUT2D eigenvalue weighted by Crippen LogP contribution is 1.94. The van der Waals surface area contributed by atoms with Gasteiger partial charge in [0.05, 0.1) is 13.7 Å². The third-order valence-electron chi connectivity index (χ3n) is 1.08. The normalized spacial score (nSPS) is 10.2. The minimum Gasteiger partial charge on any atom is -0.279 e. The van der Waals surface area contributed by atoms with Gasteiger partial charge in [0.2, 0.25) is 0 Å². The SMILES string of the molecule is C=C(CC)CN=CNOC. The first kappa shape index (κ1) is 9.17. The Morgan fingerprint density at radius 1 is 1.80 bits per heavy atom. The fourth-order valence-electron chi connectivity index (χ4n) is 0.377. The van der Waals surface area contributed by atoms with Crippen molar-refractivity contribution in [1.82, 2.24) is 5.48 Å². The Morgan fingerprint density at radius 3 is 3.00 bits per heavy atom. The highest BCUT2D eigenvalue weighted by molar-refractivity contribution is 5.52. The van der Waals surface area contributed by atoms with Crippen LogP contribution in [0.3, 0.4) is 0 Å². The van der Waals surface area contributed by atoms with Gasteiger partial charge in [-0.1, -0.05) is 19.1 Å². The lowest BCUT2D eigenvalue weighted by atomic mass is 10.2. The molecular weight excluding hydrogens is 128 g/mol. The Hall–Kier alpha value is -0.830. The predicted molar refractivity (Wildman–Crippen MR) is 42.9 cm³/mol. The molecule has 1 N–H and O–H groups in total. The van der Waals surface area contributed by atoms with Crippen molar-refractivity contribution in [2.75, 3.05) is 13.7 Å². The maximum Gasteiger partial charge on any atom is 0.107 e. The molecule has 0 spiro atoms. The zero-order valence-electron chi connectivity index (χ0n) is 6.55. The van der Waals surface area contributed by atoms with Crippen molar-refractivity contribution in [2.24, 2.45) is 4.99 Å². The van der Waals surface area contributed by atoms with Crippen LogP contribution in [0.2, 0.25) is 0 Å². The fourth-order valence-corrected chi connectivity index (χ4v) is 0.377. The average Bonchev–Trinajstić information content (AvgIpc) is 1.98. The topological polar surface area (TPSA) is 33.6 Å². The Kier molecular flexibility index (Phi) is 5.77. The molecule has 0 rings (SSSR count). The lowest BCUT2D eigenvalue weighted by Gasteiger charge is -1.95. The number of hydrogen-bond donors (Lipinski definition) is 1. The lowest BCUT2D eigenvalue weighted by Crippen LogP contribution is -2.08.